The molecule has 0 unspecified atom stereocenters. The fourth-order valence-corrected chi connectivity index (χ4v) is 2.71. The third kappa shape index (κ3) is 2.28. The van der Waals surface area contributed by atoms with E-state index in [0.29, 0.717) is 0 Å². The lowest BCUT2D eigenvalue weighted by molar-refractivity contribution is -0.134. The highest BCUT2D eigenvalue weighted by atomic mass is 16.4. The topological polar surface area (TPSA) is 83.6 Å². The average molecular weight is 238 g/mol. The van der Waals surface area contributed by atoms with Gasteiger partial charge in [0, 0.05) is 6.04 Å². The monoisotopic (exact) mass is 238 g/mol. The quantitative estimate of drug-likeness (QED) is 0.708. The number of amides is 1. The van der Waals surface area contributed by atoms with Crippen molar-refractivity contribution in [2.24, 2.45) is 5.73 Å². The van der Waals surface area contributed by atoms with Gasteiger partial charge in [0.1, 0.15) is 5.82 Å². The predicted molar refractivity (Wildman–Crippen MR) is 61.8 cm³/mol. The van der Waals surface area contributed by atoms with Gasteiger partial charge in [-0.2, -0.15) is 0 Å². The number of hydrogen-bond donors (Lipinski definition) is 2. The van der Waals surface area contributed by atoms with Crippen LogP contribution >= 0.6 is 0 Å². The van der Waals surface area contributed by atoms with Gasteiger partial charge in [-0.05, 0) is 12.8 Å². The molecule has 0 saturated heterocycles. The standard InChI is InChI=1S/C12H18N2O3/c13-11-9(12(16)17)7-10(15)14(11)8-5-3-1-2-4-6-8/h8H,1-7,13H2,(H,16,17). The second-order valence-electron chi connectivity index (χ2n) is 4.75. The highest BCUT2D eigenvalue weighted by Crippen LogP contribution is 2.29. The van der Waals surface area contributed by atoms with Crippen molar-refractivity contribution in [2.75, 3.05) is 0 Å². The summed E-state index contributed by atoms with van der Waals surface area (Å²) < 4.78 is 0. The molecule has 0 aromatic rings. The maximum atomic E-state index is 11.9. The molecule has 17 heavy (non-hydrogen) atoms. The first-order valence-electron chi connectivity index (χ1n) is 6.15. The van der Waals surface area contributed by atoms with E-state index in [4.69, 9.17) is 10.8 Å². The van der Waals surface area contributed by atoms with Crippen molar-refractivity contribution in [3.05, 3.63) is 11.4 Å². The van der Waals surface area contributed by atoms with Gasteiger partial charge in [0.25, 0.3) is 0 Å². The highest BCUT2D eigenvalue weighted by molar-refractivity contribution is 5.99. The molecule has 1 aliphatic heterocycles. The molecule has 0 radical (unpaired) electrons. The molecule has 1 amide bonds. The Morgan fingerprint density at radius 1 is 1.24 bits per heavy atom. The fraction of sp³-hybridized carbons (Fsp3) is 0.667. The van der Waals surface area contributed by atoms with Crippen molar-refractivity contribution in [3.8, 4) is 0 Å². The Labute approximate surface area is 100 Å². The van der Waals surface area contributed by atoms with Gasteiger partial charge >= 0.3 is 5.97 Å². The molecule has 2 aliphatic rings. The third-order valence-electron chi connectivity index (χ3n) is 3.61. The summed E-state index contributed by atoms with van der Waals surface area (Å²) in [7, 11) is 0. The van der Waals surface area contributed by atoms with E-state index >= 15 is 0 Å². The minimum atomic E-state index is -1.08. The first-order chi connectivity index (χ1) is 8.11. The van der Waals surface area contributed by atoms with Crippen LogP contribution in [0.15, 0.2) is 11.4 Å². The Hall–Kier alpha value is -1.52. The smallest absolute Gasteiger partial charge is 0.335 e. The molecule has 3 N–H and O–H groups in total. The van der Waals surface area contributed by atoms with Crippen molar-refractivity contribution in [3.63, 3.8) is 0 Å². The van der Waals surface area contributed by atoms with Crippen LogP contribution in [0.25, 0.3) is 0 Å². The Bertz CT molecular complexity index is 368. The molecular weight excluding hydrogens is 220 g/mol. The largest absolute Gasteiger partial charge is 0.478 e. The summed E-state index contributed by atoms with van der Waals surface area (Å²) in [5, 5.41) is 8.96. The van der Waals surface area contributed by atoms with Crippen LogP contribution in [0.1, 0.15) is 44.9 Å². The summed E-state index contributed by atoms with van der Waals surface area (Å²) in [4.78, 5) is 24.3. The second kappa shape index (κ2) is 4.77. The Balaban J connectivity index is 2.19. The molecule has 1 saturated carbocycles. The second-order valence-corrected chi connectivity index (χ2v) is 4.75. The SMILES string of the molecule is NC1=C(C(=O)O)CC(=O)N1C1CCCCCC1. The Morgan fingerprint density at radius 3 is 2.29 bits per heavy atom. The lowest BCUT2D eigenvalue weighted by Gasteiger charge is -2.27. The van der Waals surface area contributed by atoms with Gasteiger partial charge in [-0.1, -0.05) is 25.7 Å². The van der Waals surface area contributed by atoms with Crippen LogP contribution in [-0.2, 0) is 9.59 Å². The number of aliphatic carboxylic acids is 1. The number of nitrogens with zero attached hydrogens (tertiary/aromatic N) is 1. The van der Waals surface area contributed by atoms with E-state index in [2.05, 4.69) is 0 Å². The molecule has 1 fully saturated rings. The Morgan fingerprint density at radius 2 is 1.82 bits per heavy atom. The zero-order valence-electron chi connectivity index (χ0n) is 9.82. The fourth-order valence-electron chi connectivity index (χ4n) is 2.71. The van der Waals surface area contributed by atoms with Crippen LogP contribution in [0.4, 0.5) is 0 Å². The zero-order chi connectivity index (χ0) is 12.4. The van der Waals surface area contributed by atoms with Gasteiger partial charge < -0.3 is 10.8 Å². The van der Waals surface area contributed by atoms with Crippen molar-refractivity contribution >= 4 is 11.9 Å². The van der Waals surface area contributed by atoms with E-state index in [-0.39, 0.29) is 29.8 Å². The van der Waals surface area contributed by atoms with Crippen LogP contribution in [0.3, 0.4) is 0 Å². The number of carbonyl (C=O) groups is 2. The number of rotatable bonds is 2. The van der Waals surface area contributed by atoms with E-state index in [1.807, 2.05) is 0 Å². The molecule has 0 atom stereocenters. The lowest BCUT2D eigenvalue weighted by Crippen LogP contribution is -2.38. The first kappa shape index (κ1) is 12.0. The molecule has 0 bridgehead atoms. The summed E-state index contributed by atoms with van der Waals surface area (Å²) in [5.74, 6) is -1.08. The molecular formula is C12H18N2O3. The summed E-state index contributed by atoms with van der Waals surface area (Å²) in [6.07, 6.45) is 6.35. The van der Waals surface area contributed by atoms with Crippen LogP contribution in [0.5, 0.6) is 0 Å². The average Bonchev–Trinajstić information content (AvgIpc) is 2.49. The predicted octanol–water partition coefficient (Wildman–Crippen LogP) is 1.20. The highest BCUT2D eigenvalue weighted by Gasteiger charge is 2.36. The summed E-state index contributed by atoms with van der Waals surface area (Å²) in [5.41, 5.74) is 5.86. The molecule has 0 spiro atoms. The molecule has 5 heteroatoms. The van der Waals surface area contributed by atoms with Crippen LogP contribution in [0, 0.1) is 0 Å². The van der Waals surface area contributed by atoms with Crippen molar-refractivity contribution < 1.29 is 14.7 Å². The molecule has 0 aromatic heterocycles. The molecule has 1 aliphatic carbocycles. The van der Waals surface area contributed by atoms with E-state index < -0.39 is 5.97 Å². The number of hydrogen-bond acceptors (Lipinski definition) is 3. The van der Waals surface area contributed by atoms with E-state index in [0.717, 1.165) is 25.7 Å². The van der Waals surface area contributed by atoms with Crippen LogP contribution < -0.4 is 5.73 Å². The maximum absolute atomic E-state index is 11.9. The molecule has 94 valence electrons. The van der Waals surface area contributed by atoms with Crippen molar-refractivity contribution in [1.82, 2.24) is 4.90 Å². The number of nitrogens with two attached hydrogens (primary N) is 1. The summed E-state index contributed by atoms with van der Waals surface area (Å²) in [6.45, 7) is 0. The van der Waals surface area contributed by atoms with Crippen molar-refractivity contribution in [2.45, 2.75) is 51.0 Å². The Kier molecular flexibility index (Phi) is 3.36. The van der Waals surface area contributed by atoms with Gasteiger partial charge in [-0.15, -0.1) is 0 Å². The lowest BCUT2D eigenvalue weighted by atomic mass is 10.1. The van der Waals surface area contributed by atoms with E-state index in [1.165, 1.54) is 17.7 Å². The van der Waals surface area contributed by atoms with Crippen LogP contribution in [-0.4, -0.2) is 27.9 Å². The van der Waals surface area contributed by atoms with Gasteiger partial charge in [0.05, 0.1) is 12.0 Å². The molecule has 5 nitrogen and oxygen atoms in total. The van der Waals surface area contributed by atoms with E-state index in [1.54, 1.807) is 0 Å². The normalized spacial score (nSPS) is 23.1. The van der Waals surface area contributed by atoms with Gasteiger partial charge in [-0.25, -0.2) is 4.79 Å². The number of carbonyl (C=O) groups excluding carboxylic acids is 1. The summed E-state index contributed by atoms with van der Waals surface area (Å²) in [6, 6.07) is 0.0989. The third-order valence-corrected chi connectivity index (χ3v) is 3.61. The number of carboxylic acids is 1. The molecule has 0 aromatic carbocycles. The molecule has 1 heterocycles. The number of carboxylic acid groups (broad SMARTS) is 1. The minimum absolute atomic E-state index is 0.0549. The van der Waals surface area contributed by atoms with Crippen LogP contribution in [0.2, 0.25) is 0 Å². The summed E-state index contributed by atoms with van der Waals surface area (Å²) >= 11 is 0. The van der Waals surface area contributed by atoms with Gasteiger partial charge in [0.2, 0.25) is 5.91 Å². The van der Waals surface area contributed by atoms with Gasteiger partial charge in [-0.3, -0.25) is 9.69 Å². The zero-order valence-corrected chi connectivity index (χ0v) is 9.82. The van der Waals surface area contributed by atoms with Crippen molar-refractivity contribution in [1.29, 1.82) is 0 Å². The first-order valence-corrected chi connectivity index (χ1v) is 6.15. The van der Waals surface area contributed by atoms with Gasteiger partial charge in [0.15, 0.2) is 0 Å². The maximum Gasteiger partial charge on any atom is 0.335 e. The minimum Gasteiger partial charge on any atom is -0.478 e. The van der Waals surface area contributed by atoms with E-state index in [9.17, 15) is 9.59 Å². The molecule has 2 rings (SSSR count).